The van der Waals surface area contributed by atoms with Crippen LogP contribution in [0.2, 0.25) is 0 Å². The van der Waals surface area contributed by atoms with Crippen LogP contribution in [0.3, 0.4) is 0 Å². The molecule has 0 N–H and O–H groups in total. The second-order valence-corrected chi connectivity index (χ2v) is 7.64. The van der Waals surface area contributed by atoms with E-state index in [1.165, 1.54) is 5.56 Å². The predicted octanol–water partition coefficient (Wildman–Crippen LogP) is 6.06. The summed E-state index contributed by atoms with van der Waals surface area (Å²) in [5.41, 5.74) is 7.07. The molecule has 3 aromatic rings. The Morgan fingerprint density at radius 3 is 2.50 bits per heavy atom. The lowest BCUT2D eigenvalue weighted by molar-refractivity contribution is 0.341. The second kappa shape index (κ2) is 9.84. The number of hydrogen-bond acceptors (Lipinski definition) is 4. The van der Waals surface area contributed by atoms with Gasteiger partial charge in [-0.3, -0.25) is 0 Å². The number of ether oxygens (including phenoxy) is 1. The lowest BCUT2D eigenvalue weighted by atomic mass is 9.95. The molecular formula is C26H27N3O. The molecule has 2 aromatic carbocycles. The Labute approximate surface area is 178 Å². The first-order chi connectivity index (χ1) is 14.6. The number of benzene rings is 2. The summed E-state index contributed by atoms with van der Waals surface area (Å²) in [4.78, 5) is 9.19. The van der Waals surface area contributed by atoms with E-state index < -0.39 is 0 Å². The Morgan fingerprint density at radius 2 is 1.87 bits per heavy atom. The molecule has 0 atom stereocenters. The zero-order chi connectivity index (χ0) is 21.5. The fraction of sp³-hybridized carbons (Fsp3) is 0.269. The van der Waals surface area contributed by atoms with E-state index in [1.807, 2.05) is 42.7 Å². The van der Waals surface area contributed by atoms with Crippen LogP contribution in [0.25, 0.3) is 28.6 Å². The first-order valence-electron chi connectivity index (χ1n) is 10.2. The van der Waals surface area contributed by atoms with Crippen molar-refractivity contribution in [1.82, 2.24) is 9.97 Å². The van der Waals surface area contributed by atoms with Crippen LogP contribution in [0.15, 0.2) is 55.1 Å². The molecule has 1 aromatic heterocycles. The lowest BCUT2D eigenvalue weighted by Crippen LogP contribution is -1.99. The highest BCUT2D eigenvalue weighted by molar-refractivity contribution is 5.72. The van der Waals surface area contributed by atoms with Crippen LogP contribution >= 0.6 is 0 Å². The fourth-order valence-electron chi connectivity index (χ4n) is 3.62. The first kappa shape index (κ1) is 21.3. The van der Waals surface area contributed by atoms with Gasteiger partial charge in [-0.05, 0) is 53.2 Å². The fourth-order valence-corrected chi connectivity index (χ4v) is 3.62. The van der Waals surface area contributed by atoms with Crippen LogP contribution < -0.4 is 0 Å². The molecule has 0 aliphatic carbocycles. The van der Waals surface area contributed by atoms with Gasteiger partial charge in [0.15, 0.2) is 5.82 Å². The van der Waals surface area contributed by atoms with Gasteiger partial charge >= 0.3 is 0 Å². The van der Waals surface area contributed by atoms with Crippen molar-refractivity contribution in [3.63, 3.8) is 0 Å². The molecule has 0 aliphatic rings. The van der Waals surface area contributed by atoms with Gasteiger partial charge in [-0.2, -0.15) is 5.26 Å². The number of nitriles is 1. The van der Waals surface area contributed by atoms with Gasteiger partial charge in [-0.15, -0.1) is 0 Å². The van der Waals surface area contributed by atoms with Crippen LogP contribution in [0.1, 0.15) is 43.0 Å². The van der Waals surface area contributed by atoms with Crippen LogP contribution in [0.4, 0.5) is 0 Å². The summed E-state index contributed by atoms with van der Waals surface area (Å²) < 4.78 is 5.08. The summed E-state index contributed by atoms with van der Waals surface area (Å²) in [6, 6.07) is 14.4. The predicted molar refractivity (Wildman–Crippen MR) is 122 cm³/mol. The van der Waals surface area contributed by atoms with E-state index in [2.05, 4.69) is 48.9 Å². The smallest absolute Gasteiger partial charge is 0.159 e. The number of methoxy groups -OCH3 is 1. The summed E-state index contributed by atoms with van der Waals surface area (Å²) in [6.07, 6.45) is 9.15. The molecule has 0 bridgehead atoms. The summed E-state index contributed by atoms with van der Waals surface area (Å²) in [6.45, 7) is 6.45. The van der Waals surface area contributed by atoms with Crippen LogP contribution in [0.5, 0.6) is 0 Å². The van der Waals surface area contributed by atoms with Gasteiger partial charge in [-0.1, -0.05) is 51.1 Å². The van der Waals surface area contributed by atoms with E-state index in [-0.39, 0.29) is 0 Å². The third-order valence-corrected chi connectivity index (χ3v) is 5.03. The SMILES string of the molecule is CCc1c(C=COC)cccc1-c1cnc(-c2ccc(CC(C)C)c(C#N)c2)nc1. The van der Waals surface area contributed by atoms with Crippen LogP contribution in [-0.2, 0) is 17.6 Å². The molecule has 0 radical (unpaired) electrons. The topological polar surface area (TPSA) is 58.8 Å². The summed E-state index contributed by atoms with van der Waals surface area (Å²) in [5, 5.41) is 9.54. The van der Waals surface area contributed by atoms with Crippen molar-refractivity contribution in [3.05, 3.63) is 77.3 Å². The van der Waals surface area contributed by atoms with Crippen molar-refractivity contribution in [2.45, 2.75) is 33.6 Å². The minimum Gasteiger partial charge on any atom is -0.504 e. The third kappa shape index (κ3) is 4.75. The Morgan fingerprint density at radius 1 is 1.10 bits per heavy atom. The lowest BCUT2D eigenvalue weighted by Gasteiger charge is -2.12. The number of rotatable bonds is 7. The quantitative estimate of drug-likeness (QED) is 0.455. The minimum atomic E-state index is 0.501. The van der Waals surface area contributed by atoms with Crippen molar-refractivity contribution in [3.8, 4) is 28.6 Å². The van der Waals surface area contributed by atoms with E-state index >= 15 is 0 Å². The Hall–Kier alpha value is -3.45. The van der Waals surface area contributed by atoms with Gasteiger partial charge in [-0.25, -0.2) is 9.97 Å². The average Bonchev–Trinajstić information content (AvgIpc) is 2.77. The summed E-state index contributed by atoms with van der Waals surface area (Å²) >= 11 is 0. The van der Waals surface area contributed by atoms with E-state index in [1.54, 1.807) is 13.4 Å². The van der Waals surface area contributed by atoms with E-state index in [0.29, 0.717) is 17.3 Å². The molecule has 3 rings (SSSR count). The molecule has 0 amide bonds. The van der Waals surface area contributed by atoms with Crippen LogP contribution in [-0.4, -0.2) is 17.1 Å². The maximum Gasteiger partial charge on any atom is 0.159 e. The number of nitrogens with zero attached hydrogens (tertiary/aromatic N) is 3. The Bertz CT molecular complexity index is 1080. The molecule has 30 heavy (non-hydrogen) atoms. The van der Waals surface area contributed by atoms with E-state index in [4.69, 9.17) is 4.74 Å². The molecule has 0 fully saturated rings. The Kier molecular flexibility index (Phi) is 6.98. The molecule has 0 saturated heterocycles. The monoisotopic (exact) mass is 397 g/mol. The highest BCUT2D eigenvalue weighted by Crippen LogP contribution is 2.28. The molecular weight excluding hydrogens is 370 g/mol. The van der Waals surface area contributed by atoms with E-state index in [0.717, 1.165) is 40.7 Å². The molecule has 4 heteroatoms. The molecule has 4 nitrogen and oxygen atoms in total. The highest BCUT2D eigenvalue weighted by atomic mass is 16.5. The standard InChI is InChI=1S/C26H27N3O/c1-5-24-19(11-12-30-4)7-6-8-25(24)23-16-28-26(29-17-23)21-10-9-20(13-18(2)3)22(14-21)15-27/h6-12,14,16-18H,5,13H2,1-4H3. The number of aromatic nitrogens is 2. The number of hydrogen-bond donors (Lipinski definition) is 0. The van der Waals surface area contributed by atoms with Gasteiger partial charge in [0.05, 0.1) is 25.0 Å². The Balaban J connectivity index is 1.95. The molecule has 0 spiro atoms. The molecule has 1 heterocycles. The third-order valence-electron chi connectivity index (χ3n) is 5.03. The van der Waals surface area contributed by atoms with Gasteiger partial charge in [0.25, 0.3) is 0 Å². The van der Waals surface area contributed by atoms with Crippen molar-refractivity contribution < 1.29 is 4.74 Å². The first-order valence-corrected chi connectivity index (χ1v) is 10.2. The normalized spacial score (nSPS) is 11.1. The largest absolute Gasteiger partial charge is 0.504 e. The van der Waals surface area contributed by atoms with Gasteiger partial charge in [0.1, 0.15) is 0 Å². The van der Waals surface area contributed by atoms with Crippen molar-refractivity contribution >= 4 is 6.08 Å². The minimum absolute atomic E-state index is 0.501. The van der Waals surface area contributed by atoms with E-state index in [9.17, 15) is 5.26 Å². The molecule has 152 valence electrons. The average molecular weight is 398 g/mol. The summed E-state index contributed by atoms with van der Waals surface area (Å²) in [7, 11) is 1.64. The van der Waals surface area contributed by atoms with Crippen LogP contribution in [0, 0.1) is 17.2 Å². The zero-order valence-corrected chi connectivity index (χ0v) is 18.0. The maximum absolute atomic E-state index is 9.54. The molecule has 0 saturated carbocycles. The highest BCUT2D eigenvalue weighted by Gasteiger charge is 2.11. The van der Waals surface area contributed by atoms with Gasteiger partial charge < -0.3 is 4.74 Å². The van der Waals surface area contributed by atoms with Crippen molar-refractivity contribution in [2.75, 3.05) is 7.11 Å². The van der Waals surface area contributed by atoms with Crippen molar-refractivity contribution in [1.29, 1.82) is 5.26 Å². The van der Waals surface area contributed by atoms with Gasteiger partial charge in [0.2, 0.25) is 0 Å². The van der Waals surface area contributed by atoms with Gasteiger partial charge in [0, 0.05) is 23.5 Å². The van der Waals surface area contributed by atoms with Crippen molar-refractivity contribution in [2.24, 2.45) is 5.92 Å². The molecule has 0 unspecified atom stereocenters. The zero-order valence-electron chi connectivity index (χ0n) is 18.0. The maximum atomic E-state index is 9.54. The second-order valence-electron chi connectivity index (χ2n) is 7.64. The summed E-state index contributed by atoms with van der Waals surface area (Å²) in [5.74, 6) is 1.13. The molecule has 0 aliphatic heterocycles.